The van der Waals surface area contributed by atoms with Crippen LogP contribution in [0.5, 0.6) is 0 Å². The van der Waals surface area contributed by atoms with Crippen molar-refractivity contribution in [1.29, 1.82) is 0 Å². The summed E-state index contributed by atoms with van der Waals surface area (Å²) in [6, 6.07) is 0.782. The third-order valence-corrected chi connectivity index (χ3v) is 6.33. The van der Waals surface area contributed by atoms with Gasteiger partial charge in [-0.25, -0.2) is 0 Å². The summed E-state index contributed by atoms with van der Waals surface area (Å²) in [6.07, 6.45) is 11.2. The van der Waals surface area contributed by atoms with Gasteiger partial charge in [-0.15, -0.1) is 0 Å². The molecule has 2 aliphatic heterocycles. The second-order valence-electron chi connectivity index (χ2n) is 7.92. The molecule has 0 spiro atoms. The maximum Gasteiger partial charge on any atom is 0.193 e. The Hall–Kier alpha value is -0.770. The first-order valence-corrected chi connectivity index (χ1v) is 9.97. The van der Waals surface area contributed by atoms with Crippen LogP contribution in [0.15, 0.2) is 4.99 Å². The molecule has 3 aliphatic rings. The van der Waals surface area contributed by atoms with Gasteiger partial charge in [0.25, 0.3) is 0 Å². The van der Waals surface area contributed by atoms with Crippen molar-refractivity contribution >= 4 is 5.96 Å². The molecule has 4 heteroatoms. The lowest BCUT2D eigenvalue weighted by Gasteiger charge is -2.33. The molecule has 3 unspecified atom stereocenters. The third-order valence-electron chi connectivity index (χ3n) is 6.33. The van der Waals surface area contributed by atoms with Gasteiger partial charge in [-0.05, 0) is 57.4 Å². The highest BCUT2D eigenvalue weighted by Gasteiger charge is 2.35. The van der Waals surface area contributed by atoms with Crippen molar-refractivity contribution in [3.8, 4) is 0 Å². The molecule has 1 saturated carbocycles. The van der Waals surface area contributed by atoms with Gasteiger partial charge in [-0.3, -0.25) is 4.99 Å². The van der Waals surface area contributed by atoms with Gasteiger partial charge in [0.2, 0.25) is 0 Å². The average Bonchev–Trinajstić information content (AvgIpc) is 3.00. The van der Waals surface area contributed by atoms with Crippen molar-refractivity contribution < 1.29 is 0 Å². The first-order valence-electron chi connectivity index (χ1n) is 9.97. The zero-order valence-electron chi connectivity index (χ0n) is 15.3. The van der Waals surface area contributed by atoms with Gasteiger partial charge < -0.3 is 15.1 Å². The van der Waals surface area contributed by atoms with E-state index in [4.69, 9.17) is 0 Å². The fourth-order valence-electron chi connectivity index (χ4n) is 4.88. The lowest BCUT2D eigenvalue weighted by molar-refractivity contribution is 0.159. The lowest BCUT2D eigenvalue weighted by atomic mass is 9.82. The molecule has 0 bridgehead atoms. The van der Waals surface area contributed by atoms with Crippen molar-refractivity contribution in [1.82, 2.24) is 15.1 Å². The van der Waals surface area contributed by atoms with E-state index >= 15 is 0 Å². The van der Waals surface area contributed by atoms with E-state index in [-0.39, 0.29) is 0 Å². The molecule has 0 aromatic rings. The van der Waals surface area contributed by atoms with Gasteiger partial charge in [0.15, 0.2) is 5.96 Å². The largest absolute Gasteiger partial charge is 0.356 e. The summed E-state index contributed by atoms with van der Waals surface area (Å²) in [7, 11) is 1.94. The number of hydrogen-bond acceptors (Lipinski definition) is 2. The molecule has 3 atom stereocenters. The smallest absolute Gasteiger partial charge is 0.193 e. The molecule has 0 amide bonds. The van der Waals surface area contributed by atoms with E-state index in [0.717, 1.165) is 30.4 Å². The van der Waals surface area contributed by atoms with Gasteiger partial charge in [0.1, 0.15) is 0 Å². The summed E-state index contributed by atoms with van der Waals surface area (Å²) in [5, 5.41) is 3.62. The van der Waals surface area contributed by atoms with Crippen LogP contribution in [0, 0.1) is 11.8 Å². The van der Waals surface area contributed by atoms with E-state index in [1.165, 1.54) is 77.5 Å². The summed E-state index contributed by atoms with van der Waals surface area (Å²) < 4.78 is 0. The van der Waals surface area contributed by atoms with Crippen LogP contribution >= 0.6 is 0 Å². The standard InChI is InChI=1S/C19H36N4/c1-16-8-5-6-12-22(16)13-7-11-21-19(20-2)23-14-17-9-3-4-10-18(17)15-23/h16-18H,3-15H2,1-2H3,(H,20,21). The Morgan fingerprint density at radius 3 is 2.39 bits per heavy atom. The number of hydrogen-bond donors (Lipinski definition) is 1. The van der Waals surface area contributed by atoms with Crippen molar-refractivity contribution in [2.45, 2.75) is 64.3 Å². The molecule has 2 heterocycles. The molecule has 3 fully saturated rings. The Morgan fingerprint density at radius 1 is 1.04 bits per heavy atom. The Bertz CT molecular complexity index is 381. The minimum Gasteiger partial charge on any atom is -0.356 e. The fraction of sp³-hybridized carbons (Fsp3) is 0.947. The molecule has 1 N–H and O–H groups in total. The molecular weight excluding hydrogens is 284 g/mol. The van der Waals surface area contributed by atoms with Gasteiger partial charge in [0.05, 0.1) is 0 Å². The molecule has 23 heavy (non-hydrogen) atoms. The number of likely N-dealkylation sites (tertiary alicyclic amines) is 2. The highest BCUT2D eigenvalue weighted by atomic mass is 15.3. The van der Waals surface area contributed by atoms with E-state index in [9.17, 15) is 0 Å². The summed E-state index contributed by atoms with van der Waals surface area (Å²) >= 11 is 0. The van der Waals surface area contributed by atoms with Crippen molar-refractivity contribution in [2.24, 2.45) is 16.8 Å². The van der Waals surface area contributed by atoms with Gasteiger partial charge >= 0.3 is 0 Å². The average molecular weight is 321 g/mol. The monoisotopic (exact) mass is 320 g/mol. The Balaban J connectivity index is 1.38. The van der Waals surface area contributed by atoms with Crippen LogP contribution in [0.2, 0.25) is 0 Å². The van der Waals surface area contributed by atoms with Crippen LogP contribution in [0.1, 0.15) is 58.3 Å². The van der Waals surface area contributed by atoms with Crippen molar-refractivity contribution in [3.63, 3.8) is 0 Å². The zero-order valence-corrected chi connectivity index (χ0v) is 15.3. The van der Waals surface area contributed by atoms with Crippen molar-refractivity contribution in [3.05, 3.63) is 0 Å². The Kier molecular flexibility index (Phi) is 6.21. The number of fused-ring (bicyclic) bond motifs is 1. The highest BCUT2D eigenvalue weighted by Crippen LogP contribution is 2.35. The molecule has 0 aromatic carbocycles. The predicted molar refractivity (Wildman–Crippen MR) is 97.9 cm³/mol. The molecule has 4 nitrogen and oxygen atoms in total. The summed E-state index contributed by atoms with van der Waals surface area (Å²) in [4.78, 5) is 9.73. The van der Waals surface area contributed by atoms with E-state index in [0.29, 0.717) is 0 Å². The number of piperidine rings is 1. The van der Waals surface area contributed by atoms with E-state index < -0.39 is 0 Å². The van der Waals surface area contributed by atoms with E-state index in [1.54, 1.807) is 0 Å². The predicted octanol–water partition coefficient (Wildman–Crippen LogP) is 2.95. The molecule has 1 aliphatic carbocycles. The molecular formula is C19H36N4. The number of nitrogens with one attached hydrogen (secondary N) is 1. The number of guanidine groups is 1. The fourth-order valence-corrected chi connectivity index (χ4v) is 4.88. The number of nitrogens with zero attached hydrogens (tertiary/aromatic N) is 3. The third kappa shape index (κ3) is 4.40. The van der Waals surface area contributed by atoms with Crippen LogP contribution in [0.3, 0.4) is 0 Å². The first kappa shape index (κ1) is 17.1. The van der Waals surface area contributed by atoms with Crippen LogP contribution < -0.4 is 5.32 Å². The molecule has 0 radical (unpaired) electrons. The van der Waals surface area contributed by atoms with Crippen molar-refractivity contribution in [2.75, 3.05) is 39.8 Å². The van der Waals surface area contributed by atoms with Crippen LogP contribution in [-0.2, 0) is 0 Å². The van der Waals surface area contributed by atoms with Gasteiger partial charge in [-0.1, -0.05) is 19.3 Å². The lowest BCUT2D eigenvalue weighted by Crippen LogP contribution is -2.42. The number of aliphatic imine (C=N–C) groups is 1. The molecule has 0 aromatic heterocycles. The minimum absolute atomic E-state index is 0.782. The van der Waals surface area contributed by atoms with Crippen LogP contribution in [0.25, 0.3) is 0 Å². The first-order chi connectivity index (χ1) is 11.3. The van der Waals surface area contributed by atoms with Gasteiger partial charge in [0, 0.05) is 39.3 Å². The SMILES string of the molecule is CN=C(NCCCN1CCCCC1C)N1CC2CCCCC2C1. The van der Waals surface area contributed by atoms with E-state index in [2.05, 4.69) is 27.0 Å². The summed E-state index contributed by atoms with van der Waals surface area (Å²) in [5.41, 5.74) is 0. The minimum atomic E-state index is 0.782. The molecule has 132 valence electrons. The Labute approximate surface area is 142 Å². The molecule has 2 saturated heterocycles. The number of rotatable bonds is 4. The van der Waals surface area contributed by atoms with Crippen LogP contribution in [-0.4, -0.2) is 61.6 Å². The van der Waals surface area contributed by atoms with Crippen LogP contribution in [0.4, 0.5) is 0 Å². The summed E-state index contributed by atoms with van der Waals surface area (Å²) in [5.74, 6) is 3.00. The van der Waals surface area contributed by atoms with E-state index in [1.807, 2.05) is 7.05 Å². The highest BCUT2D eigenvalue weighted by molar-refractivity contribution is 5.80. The maximum absolute atomic E-state index is 4.55. The second kappa shape index (κ2) is 8.36. The quantitative estimate of drug-likeness (QED) is 0.491. The Morgan fingerprint density at radius 2 is 1.74 bits per heavy atom. The maximum atomic E-state index is 4.55. The molecule has 3 rings (SSSR count). The topological polar surface area (TPSA) is 30.9 Å². The second-order valence-corrected chi connectivity index (χ2v) is 7.92. The van der Waals surface area contributed by atoms with Gasteiger partial charge in [-0.2, -0.15) is 0 Å². The zero-order chi connectivity index (χ0) is 16.1. The summed E-state index contributed by atoms with van der Waals surface area (Å²) in [6.45, 7) is 8.43. The normalized spacial score (nSPS) is 32.9.